The molecule has 0 saturated heterocycles. The van der Waals surface area contributed by atoms with Gasteiger partial charge in [-0.3, -0.25) is 0 Å². The Balaban J connectivity index is 0.000000227. The smallest absolute Gasteiger partial charge is 1.00 e. The van der Waals surface area contributed by atoms with Gasteiger partial charge in [0.05, 0.1) is 0 Å². The number of benzene rings is 2. The van der Waals surface area contributed by atoms with Gasteiger partial charge in [0.15, 0.2) is 0 Å². The van der Waals surface area contributed by atoms with E-state index in [4.69, 9.17) is 0 Å². The summed E-state index contributed by atoms with van der Waals surface area (Å²) in [6.45, 7) is 8.55. The molecule has 35 heavy (non-hydrogen) atoms. The molecule has 2 nitrogen and oxygen atoms in total. The summed E-state index contributed by atoms with van der Waals surface area (Å²) in [6, 6.07) is 30.3. The number of hydrogen-bond donors (Lipinski definition) is 0. The maximum Gasteiger partial charge on any atom is 4.00 e. The first-order valence-corrected chi connectivity index (χ1v) is 11.1. The van der Waals surface area contributed by atoms with Gasteiger partial charge in [-0.15, -0.1) is 82.2 Å². The molecule has 0 atom stereocenters. The molecule has 0 spiro atoms. The van der Waals surface area contributed by atoms with Gasteiger partial charge < -0.3 is 43.1 Å². The van der Waals surface area contributed by atoms with Crippen molar-refractivity contribution in [3.8, 4) is 11.4 Å². The Morgan fingerprint density at radius 3 is 1.23 bits per heavy atom. The monoisotopic (exact) mass is 664 g/mol. The van der Waals surface area contributed by atoms with Crippen molar-refractivity contribution >= 4 is 21.5 Å². The molecule has 0 aliphatic heterocycles. The average molecular weight is 668 g/mol. The third-order valence-corrected chi connectivity index (χ3v) is 6.06. The van der Waals surface area contributed by atoms with Crippen LogP contribution in [-0.4, -0.2) is 9.13 Å². The van der Waals surface area contributed by atoms with Crippen LogP contribution in [0, 0.1) is 27.7 Å². The van der Waals surface area contributed by atoms with E-state index < -0.39 is 0 Å². The maximum absolute atomic E-state index is 2.25. The van der Waals surface area contributed by atoms with Gasteiger partial charge in [-0.2, -0.15) is 0 Å². The largest absolute Gasteiger partial charge is 4.00 e. The zero-order chi connectivity index (χ0) is 22.2. The number of aromatic nitrogens is 2. The predicted octanol–water partition coefficient (Wildman–Crippen LogP) is 1.94. The molecule has 0 bridgehead atoms. The second kappa shape index (κ2) is 12.3. The van der Waals surface area contributed by atoms with Crippen molar-refractivity contribution in [2.75, 3.05) is 0 Å². The van der Waals surface area contributed by atoms with Crippen LogP contribution >= 0.6 is 0 Å². The van der Waals surface area contributed by atoms with Crippen LogP contribution in [0.1, 0.15) is 22.5 Å². The van der Waals surface area contributed by atoms with E-state index in [1.165, 1.54) is 55.4 Å². The molecular formula is C30H28Br2N2Zr. The third kappa shape index (κ3) is 6.26. The zero-order valence-electron chi connectivity index (χ0n) is 20.4. The van der Waals surface area contributed by atoms with Crippen molar-refractivity contribution < 1.29 is 60.2 Å². The molecule has 0 N–H and O–H groups in total. The number of hydrogen-bond acceptors (Lipinski definition) is 0. The van der Waals surface area contributed by atoms with Crippen LogP contribution in [-0.2, 0) is 26.2 Å². The molecule has 6 rings (SSSR count). The molecule has 176 valence electrons. The summed E-state index contributed by atoms with van der Waals surface area (Å²) in [7, 11) is 0. The van der Waals surface area contributed by atoms with Gasteiger partial charge in [-0.05, 0) is 62.3 Å². The molecule has 0 fully saturated rings. The number of aryl methyl sites for hydroxylation is 4. The molecule has 0 aliphatic carbocycles. The van der Waals surface area contributed by atoms with Crippen molar-refractivity contribution in [2.24, 2.45) is 0 Å². The molecule has 2 aromatic heterocycles. The van der Waals surface area contributed by atoms with Crippen LogP contribution in [0.15, 0.2) is 97.3 Å². The Labute approximate surface area is 248 Å². The summed E-state index contributed by atoms with van der Waals surface area (Å²) in [5, 5.41) is 5.23. The van der Waals surface area contributed by atoms with Crippen LogP contribution in [0.3, 0.4) is 0 Å². The van der Waals surface area contributed by atoms with E-state index in [9.17, 15) is 0 Å². The third-order valence-electron chi connectivity index (χ3n) is 6.06. The number of fused-ring (bicyclic) bond motifs is 2. The minimum atomic E-state index is 0. The quantitative estimate of drug-likeness (QED) is 0.250. The second-order valence-corrected chi connectivity index (χ2v) is 8.74. The molecule has 0 unspecified atom stereocenters. The van der Waals surface area contributed by atoms with E-state index in [0.29, 0.717) is 0 Å². The molecule has 0 aliphatic rings. The first-order valence-electron chi connectivity index (χ1n) is 11.1. The Morgan fingerprint density at radius 1 is 0.543 bits per heavy atom. The number of nitrogens with zero attached hydrogens (tertiary/aromatic N) is 2. The molecule has 6 aromatic rings. The fourth-order valence-corrected chi connectivity index (χ4v) is 4.59. The van der Waals surface area contributed by atoms with Crippen LogP contribution < -0.4 is 34.0 Å². The molecule has 4 aromatic carbocycles. The van der Waals surface area contributed by atoms with E-state index in [1.807, 2.05) is 0 Å². The van der Waals surface area contributed by atoms with Crippen LogP contribution in [0.5, 0.6) is 0 Å². The standard InChI is InChI=1S/2C15H14N.2BrH.Zr/c2*1-11-7-12(2)16(10-11)15-8-13-5-3-4-6-14(13)9-15;;;/h2*3-10H,1-2H3;2*1H;/q2*-1;;;+4/p-2. The summed E-state index contributed by atoms with van der Waals surface area (Å²) >= 11 is 0. The van der Waals surface area contributed by atoms with Crippen molar-refractivity contribution in [3.63, 3.8) is 0 Å². The predicted molar refractivity (Wildman–Crippen MR) is 137 cm³/mol. The minimum Gasteiger partial charge on any atom is -1.00 e. The van der Waals surface area contributed by atoms with Crippen molar-refractivity contribution in [1.29, 1.82) is 0 Å². The van der Waals surface area contributed by atoms with Crippen molar-refractivity contribution in [3.05, 3.63) is 120 Å². The van der Waals surface area contributed by atoms with Crippen molar-refractivity contribution in [2.45, 2.75) is 27.7 Å². The van der Waals surface area contributed by atoms with Gasteiger partial charge >= 0.3 is 26.2 Å². The van der Waals surface area contributed by atoms with E-state index in [1.54, 1.807) is 0 Å². The van der Waals surface area contributed by atoms with Crippen LogP contribution in [0.2, 0.25) is 0 Å². The summed E-state index contributed by atoms with van der Waals surface area (Å²) < 4.78 is 4.49. The van der Waals surface area contributed by atoms with Gasteiger partial charge in [0, 0.05) is 23.8 Å². The normalized spacial score (nSPS) is 10.2. The van der Waals surface area contributed by atoms with E-state index in [0.717, 1.165) is 0 Å². The fraction of sp³-hybridized carbons (Fsp3) is 0.133. The van der Waals surface area contributed by atoms with Gasteiger partial charge in [0.1, 0.15) is 0 Å². The molecule has 0 radical (unpaired) electrons. The van der Waals surface area contributed by atoms with Gasteiger partial charge in [0.25, 0.3) is 0 Å². The van der Waals surface area contributed by atoms with Crippen LogP contribution in [0.25, 0.3) is 32.9 Å². The first-order chi connectivity index (χ1) is 15.5. The van der Waals surface area contributed by atoms with E-state index >= 15 is 0 Å². The molecule has 0 saturated carbocycles. The SMILES string of the molecule is Cc1cc(C)n(-c2cc3ccccc3[cH-]2)c1.Cc1cc(C)n(-c2cc3ccccc3[cH-]2)c1.[Br-].[Br-].[Zr+4]. The van der Waals surface area contributed by atoms with E-state index in [2.05, 4.69) is 134 Å². The first kappa shape index (κ1) is 29.3. The number of halogens is 2. The number of rotatable bonds is 2. The Kier molecular flexibility index (Phi) is 10.3. The van der Waals surface area contributed by atoms with Crippen molar-refractivity contribution in [1.82, 2.24) is 9.13 Å². The van der Waals surface area contributed by atoms with Gasteiger partial charge in [-0.1, -0.05) is 12.1 Å². The topological polar surface area (TPSA) is 9.86 Å². The summed E-state index contributed by atoms with van der Waals surface area (Å²) in [4.78, 5) is 0. The van der Waals surface area contributed by atoms with Gasteiger partial charge in [-0.25, -0.2) is 0 Å². The molecule has 2 heterocycles. The molecule has 5 heteroatoms. The van der Waals surface area contributed by atoms with E-state index in [-0.39, 0.29) is 60.2 Å². The van der Waals surface area contributed by atoms with Gasteiger partial charge in [0.2, 0.25) is 0 Å². The fourth-order valence-electron chi connectivity index (χ4n) is 4.59. The molecular weight excluding hydrogens is 639 g/mol. The summed E-state index contributed by atoms with van der Waals surface area (Å²) in [5.74, 6) is 0. The minimum absolute atomic E-state index is 0. The summed E-state index contributed by atoms with van der Waals surface area (Å²) in [5.41, 5.74) is 7.70. The summed E-state index contributed by atoms with van der Waals surface area (Å²) in [6.07, 6.45) is 4.37. The Bertz CT molecular complexity index is 1350. The second-order valence-electron chi connectivity index (χ2n) is 8.74. The Morgan fingerprint density at radius 2 is 0.914 bits per heavy atom. The van der Waals surface area contributed by atoms with Crippen LogP contribution in [0.4, 0.5) is 0 Å². The zero-order valence-corrected chi connectivity index (χ0v) is 26.0. The molecule has 0 amide bonds. The average Bonchev–Trinajstić information content (AvgIpc) is 3.52. The Hall–Kier alpha value is -1.94. The maximum atomic E-state index is 2.25.